The van der Waals surface area contributed by atoms with Crippen LogP contribution in [0.5, 0.6) is 0 Å². The normalized spacial score (nSPS) is 11.3. The van der Waals surface area contributed by atoms with Crippen LogP contribution in [0.1, 0.15) is 0 Å². The maximum absolute atomic E-state index is 10.7. The molecule has 0 aliphatic carbocycles. The molecule has 12 heteroatoms. The van der Waals surface area contributed by atoms with Crippen molar-refractivity contribution in [1.82, 2.24) is 4.98 Å². The Kier molecular flexibility index (Phi) is 5.58. The first-order valence-electron chi connectivity index (χ1n) is 4.92. The van der Waals surface area contributed by atoms with Gasteiger partial charge in [0.15, 0.2) is 0 Å². The highest BCUT2D eigenvalue weighted by Crippen LogP contribution is 2.24. The van der Waals surface area contributed by atoms with Crippen LogP contribution in [0.4, 0.5) is 0 Å². The molecule has 0 fully saturated rings. The molecule has 114 valence electrons. The van der Waals surface area contributed by atoms with Crippen molar-refractivity contribution in [3.8, 4) is 6.26 Å². The van der Waals surface area contributed by atoms with Gasteiger partial charge in [0.05, 0.1) is 10.2 Å². The zero-order valence-corrected chi connectivity index (χ0v) is 12.5. The smallest absolute Gasteiger partial charge is 0.322 e. The Bertz CT molecular complexity index is 831. The van der Waals surface area contributed by atoms with Gasteiger partial charge in [-0.1, -0.05) is 12.1 Å². The van der Waals surface area contributed by atoms with Crippen molar-refractivity contribution in [2.45, 2.75) is 4.34 Å². The standard InChI is InChI=1S/C7H5NO3S2.C2H3NO4S/c9-13(10,11)7-8-5-3-1-2-4-6(5)12-7;3-1-7-2-8(4,5)6/h1-4H,(H,9,10,11);2H2,(H,4,5,6). The number of nitriles is 1. The topological polar surface area (TPSA) is 155 Å². The van der Waals surface area contributed by atoms with Gasteiger partial charge in [-0.2, -0.15) is 22.1 Å². The van der Waals surface area contributed by atoms with Gasteiger partial charge in [-0.05, 0) is 12.1 Å². The Morgan fingerprint density at radius 1 is 1.24 bits per heavy atom. The van der Waals surface area contributed by atoms with E-state index in [4.69, 9.17) is 14.4 Å². The van der Waals surface area contributed by atoms with Gasteiger partial charge in [0, 0.05) is 0 Å². The van der Waals surface area contributed by atoms with Crippen LogP contribution in [0.25, 0.3) is 10.2 Å². The molecule has 0 saturated heterocycles. The van der Waals surface area contributed by atoms with Crippen LogP contribution < -0.4 is 0 Å². The van der Waals surface area contributed by atoms with E-state index in [1.54, 1.807) is 24.3 Å². The highest BCUT2D eigenvalue weighted by atomic mass is 32.3. The van der Waals surface area contributed by atoms with Crippen LogP contribution in [0.15, 0.2) is 28.6 Å². The first-order chi connectivity index (χ1) is 9.63. The second-order valence-electron chi connectivity index (χ2n) is 3.36. The van der Waals surface area contributed by atoms with Crippen LogP contribution in [0.3, 0.4) is 0 Å². The molecule has 2 aromatic rings. The lowest BCUT2D eigenvalue weighted by molar-refractivity contribution is 0.311. The third-order valence-corrected chi connectivity index (χ3v) is 4.43. The van der Waals surface area contributed by atoms with Gasteiger partial charge in [0.2, 0.25) is 10.3 Å². The first kappa shape index (κ1) is 17.3. The van der Waals surface area contributed by atoms with E-state index in [0.29, 0.717) is 5.52 Å². The lowest BCUT2D eigenvalue weighted by Gasteiger charge is -1.87. The zero-order chi connectivity index (χ0) is 16.1. The number of hydrogen-bond donors (Lipinski definition) is 2. The van der Waals surface area contributed by atoms with Crippen LogP contribution in [0.2, 0.25) is 0 Å². The Labute approximate surface area is 123 Å². The van der Waals surface area contributed by atoms with E-state index >= 15 is 0 Å². The number of aromatic nitrogens is 1. The van der Waals surface area contributed by atoms with Crippen LogP contribution >= 0.6 is 11.3 Å². The number of rotatable bonds is 3. The lowest BCUT2D eigenvalue weighted by Crippen LogP contribution is -2.04. The van der Waals surface area contributed by atoms with E-state index in [9.17, 15) is 16.8 Å². The molecule has 21 heavy (non-hydrogen) atoms. The first-order valence-corrected chi connectivity index (χ1v) is 8.79. The number of ether oxygens (including phenoxy) is 1. The Hall–Kier alpha value is -1.78. The molecule has 9 nitrogen and oxygen atoms in total. The fraction of sp³-hybridized carbons (Fsp3) is 0.111. The number of fused-ring (bicyclic) bond motifs is 1. The molecule has 1 aromatic carbocycles. The van der Waals surface area contributed by atoms with Gasteiger partial charge >= 0.3 is 20.2 Å². The second-order valence-corrected chi connectivity index (χ2v) is 7.38. The molecule has 2 rings (SSSR count). The lowest BCUT2D eigenvalue weighted by atomic mass is 10.3. The molecule has 0 bridgehead atoms. The maximum Gasteiger partial charge on any atom is 0.322 e. The minimum atomic E-state index is -4.16. The van der Waals surface area contributed by atoms with Gasteiger partial charge in [0.25, 0.3) is 6.26 Å². The summed E-state index contributed by atoms with van der Waals surface area (Å²) in [6, 6.07) is 6.99. The monoisotopic (exact) mass is 352 g/mol. The second kappa shape index (κ2) is 6.78. The predicted molar refractivity (Wildman–Crippen MR) is 72.5 cm³/mol. The van der Waals surface area contributed by atoms with Gasteiger partial charge < -0.3 is 4.74 Å². The van der Waals surface area contributed by atoms with Crippen molar-refractivity contribution in [2.24, 2.45) is 0 Å². The molecule has 1 aromatic heterocycles. The van der Waals surface area contributed by atoms with Crippen molar-refractivity contribution < 1.29 is 30.7 Å². The fourth-order valence-electron chi connectivity index (χ4n) is 1.06. The summed E-state index contributed by atoms with van der Waals surface area (Å²) in [6.07, 6.45) is 1.09. The molecule has 0 aliphatic rings. The largest absolute Gasteiger partial charge is 0.408 e. The van der Waals surface area contributed by atoms with Crippen molar-refractivity contribution in [1.29, 1.82) is 5.26 Å². The molecule has 2 N–H and O–H groups in total. The summed E-state index contributed by atoms with van der Waals surface area (Å²) in [5, 5.41) is 7.58. The minimum Gasteiger partial charge on any atom is -0.408 e. The third kappa shape index (κ3) is 6.02. The molecule has 0 unspecified atom stereocenters. The van der Waals surface area contributed by atoms with Crippen LogP contribution in [0, 0.1) is 11.5 Å². The van der Waals surface area contributed by atoms with Crippen molar-refractivity contribution in [2.75, 3.05) is 5.94 Å². The number of nitrogens with zero attached hydrogens (tertiary/aromatic N) is 2. The van der Waals surface area contributed by atoms with Gasteiger partial charge in [0.1, 0.15) is 0 Å². The van der Waals surface area contributed by atoms with Crippen molar-refractivity contribution >= 4 is 41.8 Å². The molecular weight excluding hydrogens is 344 g/mol. The highest BCUT2D eigenvalue weighted by molar-refractivity contribution is 7.88. The zero-order valence-electron chi connectivity index (χ0n) is 10.1. The SMILES string of the molecule is N#COCS(=O)(=O)O.O=S(=O)(O)c1nc2ccccc2s1. The third-order valence-electron chi connectivity index (χ3n) is 1.77. The summed E-state index contributed by atoms with van der Waals surface area (Å²) in [5.41, 5.74) is 0.583. The predicted octanol–water partition coefficient (Wildman–Crippen LogP) is 0.872. The van der Waals surface area contributed by atoms with Gasteiger partial charge in [-0.25, -0.2) is 4.98 Å². The van der Waals surface area contributed by atoms with Gasteiger partial charge in [-0.15, -0.1) is 11.3 Å². The van der Waals surface area contributed by atoms with E-state index in [-0.39, 0.29) is 4.34 Å². The molecule has 0 spiro atoms. The molecular formula is C9H8N2O7S3. The van der Waals surface area contributed by atoms with Crippen molar-refractivity contribution in [3.63, 3.8) is 0 Å². The summed E-state index contributed by atoms with van der Waals surface area (Å²) >= 11 is 0.955. The van der Waals surface area contributed by atoms with Gasteiger partial charge in [-0.3, -0.25) is 9.11 Å². The quantitative estimate of drug-likeness (QED) is 0.604. The molecule has 0 atom stereocenters. The van der Waals surface area contributed by atoms with E-state index in [0.717, 1.165) is 22.3 Å². The minimum absolute atomic E-state index is 0.256. The molecule has 0 amide bonds. The summed E-state index contributed by atoms with van der Waals surface area (Å²) in [5.74, 6) is -0.969. The average Bonchev–Trinajstić information content (AvgIpc) is 2.80. The summed E-state index contributed by atoms with van der Waals surface area (Å²) < 4.78 is 61.5. The van der Waals surface area contributed by atoms with Crippen LogP contribution in [-0.4, -0.2) is 36.9 Å². The number of thiazole rings is 1. The summed E-state index contributed by atoms with van der Waals surface area (Å²) in [6.45, 7) is 0. The van der Waals surface area contributed by atoms with E-state index < -0.39 is 26.2 Å². The average molecular weight is 352 g/mol. The van der Waals surface area contributed by atoms with Crippen LogP contribution in [-0.2, 0) is 25.0 Å². The number of para-hydroxylation sites is 1. The molecule has 0 radical (unpaired) electrons. The van der Waals surface area contributed by atoms with E-state index in [1.807, 2.05) is 0 Å². The van der Waals surface area contributed by atoms with E-state index in [2.05, 4.69) is 9.72 Å². The Morgan fingerprint density at radius 2 is 1.86 bits per heavy atom. The highest BCUT2D eigenvalue weighted by Gasteiger charge is 2.15. The fourth-order valence-corrected chi connectivity index (χ4v) is 2.87. The molecule has 0 saturated carbocycles. The molecule has 1 heterocycles. The summed E-state index contributed by atoms with van der Waals surface area (Å²) in [7, 11) is -8.29. The number of benzene rings is 1. The Balaban J connectivity index is 0.000000240. The number of hydrogen-bond acceptors (Lipinski definition) is 8. The maximum atomic E-state index is 10.7. The van der Waals surface area contributed by atoms with Crippen molar-refractivity contribution in [3.05, 3.63) is 24.3 Å². The Morgan fingerprint density at radius 3 is 2.29 bits per heavy atom. The van der Waals surface area contributed by atoms with E-state index in [1.165, 1.54) is 0 Å². The molecule has 0 aliphatic heterocycles. The summed E-state index contributed by atoms with van der Waals surface area (Å²) in [4.78, 5) is 3.76.